The molecule has 2 amide bonds. The minimum atomic E-state index is -0.872. The molecule has 2 rings (SSSR count). The van der Waals surface area contributed by atoms with Gasteiger partial charge in [-0.25, -0.2) is 9.48 Å². The van der Waals surface area contributed by atoms with Gasteiger partial charge < -0.3 is 10.4 Å². The first-order valence-electron chi connectivity index (χ1n) is 8.64. The molecule has 0 bridgehead atoms. The minimum absolute atomic E-state index is 0.0282. The quantitative estimate of drug-likeness (QED) is 0.662. The van der Waals surface area contributed by atoms with E-state index in [1.807, 2.05) is 36.4 Å². The van der Waals surface area contributed by atoms with E-state index in [1.165, 1.54) is 0 Å². The molecule has 7 heteroatoms. The first-order valence-corrected chi connectivity index (χ1v) is 8.64. The maximum absolute atomic E-state index is 12.1. The molecule has 1 aromatic heterocycles. The molecule has 0 aliphatic rings. The lowest BCUT2D eigenvalue weighted by Gasteiger charge is -2.14. The second-order valence-corrected chi connectivity index (χ2v) is 7.19. The fraction of sp³-hybridized carbons (Fsp3) is 0.421. The number of amides is 2. The first-order chi connectivity index (χ1) is 12.3. The number of nitrogens with one attached hydrogen (secondary N) is 2. The molecule has 0 unspecified atom stereocenters. The number of hydrogen-bond acceptors (Lipinski definition) is 3. The smallest absolute Gasteiger partial charge is 0.320 e. The molecule has 0 saturated heterocycles. The van der Waals surface area contributed by atoms with E-state index in [0.29, 0.717) is 25.3 Å². The van der Waals surface area contributed by atoms with Crippen LogP contribution in [0.5, 0.6) is 0 Å². The molecule has 7 nitrogen and oxygen atoms in total. The van der Waals surface area contributed by atoms with E-state index in [1.54, 1.807) is 4.68 Å². The highest BCUT2D eigenvalue weighted by Gasteiger charge is 2.20. The van der Waals surface area contributed by atoms with Crippen molar-refractivity contribution in [2.75, 3.05) is 11.9 Å². The summed E-state index contributed by atoms with van der Waals surface area (Å²) in [6.07, 6.45) is 0.416. The number of nitrogens with zero attached hydrogens (tertiary/aromatic N) is 2. The highest BCUT2D eigenvalue weighted by atomic mass is 16.4. The highest BCUT2D eigenvalue weighted by molar-refractivity contribution is 5.88. The zero-order valence-electron chi connectivity index (χ0n) is 15.5. The zero-order chi connectivity index (χ0) is 19.2. The fourth-order valence-electron chi connectivity index (χ4n) is 2.36. The van der Waals surface area contributed by atoms with Crippen LogP contribution in [0.15, 0.2) is 36.4 Å². The average Bonchev–Trinajstić information content (AvgIpc) is 2.95. The summed E-state index contributed by atoms with van der Waals surface area (Å²) in [6, 6.07) is 11.4. The van der Waals surface area contributed by atoms with Gasteiger partial charge in [0.2, 0.25) is 0 Å². The topological polar surface area (TPSA) is 96.3 Å². The monoisotopic (exact) mass is 358 g/mol. The van der Waals surface area contributed by atoms with Crippen molar-refractivity contribution in [3.8, 4) is 0 Å². The molecule has 0 atom stereocenters. The van der Waals surface area contributed by atoms with Gasteiger partial charge in [0.25, 0.3) is 0 Å². The molecule has 0 saturated carbocycles. The van der Waals surface area contributed by atoms with E-state index in [4.69, 9.17) is 5.11 Å². The number of benzene rings is 1. The second kappa shape index (κ2) is 8.51. The highest BCUT2D eigenvalue weighted by Crippen LogP contribution is 2.24. The van der Waals surface area contributed by atoms with Crippen LogP contribution in [0, 0.1) is 0 Å². The van der Waals surface area contributed by atoms with E-state index in [2.05, 4.69) is 36.5 Å². The molecule has 0 fully saturated rings. The van der Waals surface area contributed by atoms with Gasteiger partial charge in [-0.15, -0.1) is 0 Å². The van der Waals surface area contributed by atoms with Gasteiger partial charge in [-0.1, -0.05) is 51.1 Å². The Morgan fingerprint density at radius 1 is 1.19 bits per heavy atom. The summed E-state index contributed by atoms with van der Waals surface area (Å²) in [5, 5.41) is 18.8. The van der Waals surface area contributed by atoms with Crippen LogP contribution in [-0.2, 0) is 16.8 Å². The Balaban J connectivity index is 2.08. The number of carbonyl (C=O) groups excluding carboxylic acids is 1. The van der Waals surface area contributed by atoms with Crippen LogP contribution in [0.25, 0.3) is 0 Å². The van der Waals surface area contributed by atoms with Crippen LogP contribution in [0.3, 0.4) is 0 Å². The number of rotatable bonds is 7. The van der Waals surface area contributed by atoms with Gasteiger partial charge in [-0.05, 0) is 12.0 Å². The second-order valence-electron chi connectivity index (χ2n) is 7.19. The molecule has 3 N–H and O–H groups in total. The summed E-state index contributed by atoms with van der Waals surface area (Å²) in [5.41, 5.74) is 1.83. The van der Waals surface area contributed by atoms with Crippen LogP contribution in [0.4, 0.5) is 10.6 Å². The average molecular weight is 358 g/mol. The zero-order valence-corrected chi connectivity index (χ0v) is 15.5. The summed E-state index contributed by atoms with van der Waals surface area (Å²) in [7, 11) is 0. The fourth-order valence-corrected chi connectivity index (χ4v) is 2.36. The molecule has 2 aromatic rings. The molecule has 1 heterocycles. The first kappa shape index (κ1) is 19.5. The summed E-state index contributed by atoms with van der Waals surface area (Å²) in [6.45, 7) is 7.05. The Labute approximate surface area is 153 Å². The Hall–Kier alpha value is -2.83. The van der Waals surface area contributed by atoms with Crippen LogP contribution < -0.4 is 10.6 Å². The van der Waals surface area contributed by atoms with E-state index < -0.39 is 5.97 Å². The van der Waals surface area contributed by atoms with Gasteiger partial charge in [0.15, 0.2) is 0 Å². The summed E-state index contributed by atoms with van der Waals surface area (Å²) in [4.78, 5) is 22.6. The van der Waals surface area contributed by atoms with Gasteiger partial charge in [0, 0.05) is 24.4 Å². The third kappa shape index (κ3) is 5.91. The normalized spacial score (nSPS) is 11.2. The summed E-state index contributed by atoms with van der Waals surface area (Å²) >= 11 is 0. The number of aliphatic carboxylic acids is 1. The predicted octanol–water partition coefficient (Wildman–Crippen LogP) is 3.22. The largest absolute Gasteiger partial charge is 0.481 e. The number of hydrogen-bond donors (Lipinski definition) is 3. The Morgan fingerprint density at radius 2 is 1.88 bits per heavy atom. The van der Waals surface area contributed by atoms with Crippen molar-refractivity contribution in [3.63, 3.8) is 0 Å². The van der Waals surface area contributed by atoms with Crippen LogP contribution >= 0.6 is 0 Å². The van der Waals surface area contributed by atoms with Crippen molar-refractivity contribution in [2.24, 2.45) is 0 Å². The number of carboxylic acids is 1. The van der Waals surface area contributed by atoms with Gasteiger partial charge in [0.1, 0.15) is 5.82 Å². The van der Waals surface area contributed by atoms with Crippen molar-refractivity contribution in [1.82, 2.24) is 15.1 Å². The lowest BCUT2D eigenvalue weighted by atomic mass is 9.92. The summed E-state index contributed by atoms with van der Waals surface area (Å²) in [5.74, 6) is -0.266. The van der Waals surface area contributed by atoms with Crippen LogP contribution in [-0.4, -0.2) is 33.4 Å². The Kier molecular flexibility index (Phi) is 6.38. The van der Waals surface area contributed by atoms with Crippen molar-refractivity contribution in [3.05, 3.63) is 47.7 Å². The molecule has 0 radical (unpaired) electrons. The van der Waals surface area contributed by atoms with E-state index in [0.717, 1.165) is 11.3 Å². The maximum Gasteiger partial charge on any atom is 0.320 e. The van der Waals surface area contributed by atoms with Gasteiger partial charge in [-0.3, -0.25) is 10.1 Å². The van der Waals surface area contributed by atoms with Crippen LogP contribution in [0.2, 0.25) is 0 Å². The third-order valence-electron chi connectivity index (χ3n) is 3.82. The van der Waals surface area contributed by atoms with Crippen molar-refractivity contribution >= 4 is 17.8 Å². The minimum Gasteiger partial charge on any atom is -0.481 e. The predicted molar refractivity (Wildman–Crippen MR) is 100 cm³/mol. The van der Waals surface area contributed by atoms with Crippen molar-refractivity contribution < 1.29 is 14.7 Å². The maximum atomic E-state index is 12.1. The standard InChI is InChI=1S/C19H26N4O3/c1-19(2,3)15-12-16(21-18(26)20-11-7-10-17(24)25)23(22-15)13-14-8-5-4-6-9-14/h4-6,8-9,12H,7,10-11,13H2,1-3H3,(H,24,25)(H2,20,21,26). The van der Waals surface area contributed by atoms with Crippen molar-refractivity contribution in [1.29, 1.82) is 0 Å². The summed E-state index contributed by atoms with van der Waals surface area (Å²) < 4.78 is 1.77. The number of carbonyl (C=O) groups is 2. The SMILES string of the molecule is CC(C)(C)c1cc(NC(=O)NCCCC(=O)O)n(Cc2ccccc2)n1. The van der Waals surface area contributed by atoms with Gasteiger partial charge >= 0.3 is 12.0 Å². The third-order valence-corrected chi connectivity index (χ3v) is 3.82. The molecule has 26 heavy (non-hydrogen) atoms. The number of carboxylic acid groups (broad SMARTS) is 1. The molecular weight excluding hydrogens is 332 g/mol. The van der Waals surface area contributed by atoms with E-state index >= 15 is 0 Å². The van der Waals surface area contributed by atoms with Gasteiger partial charge in [0.05, 0.1) is 12.2 Å². The van der Waals surface area contributed by atoms with E-state index in [-0.39, 0.29) is 17.9 Å². The van der Waals surface area contributed by atoms with E-state index in [9.17, 15) is 9.59 Å². The van der Waals surface area contributed by atoms with Gasteiger partial charge in [-0.2, -0.15) is 5.10 Å². The molecule has 0 aliphatic carbocycles. The Bertz CT molecular complexity index is 748. The van der Waals surface area contributed by atoms with Crippen molar-refractivity contribution in [2.45, 2.75) is 45.6 Å². The molecule has 0 aliphatic heterocycles. The number of anilines is 1. The lowest BCUT2D eigenvalue weighted by Crippen LogP contribution is -2.30. The molecule has 1 aromatic carbocycles. The number of urea groups is 1. The van der Waals surface area contributed by atoms with Crippen LogP contribution in [0.1, 0.15) is 44.9 Å². The number of aromatic nitrogens is 2. The molecular formula is C19H26N4O3. The Morgan fingerprint density at radius 3 is 2.50 bits per heavy atom. The lowest BCUT2D eigenvalue weighted by molar-refractivity contribution is -0.137. The molecule has 0 spiro atoms. The molecule has 140 valence electrons.